The van der Waals surface area contributed by atoms with E-state index in [2.05, 4.69) is 56.8 Å². The minimum Gasteiger partial charge on any atom is -0.0991 e. The Morgan fingerprint density at radius 2 is 2.19 bits per heavy atom. The normalized spacial score (nSPS) is 19.0. The van der Waals surface area contributed by atoms with Gasteiger partial charge in [0.15, 0.2) is 0 Å². The molecule has 112 valence electrons. The lowest BCUT2D eigenvalue weighted by Crippen LogP contribution is -2.04. The number of hydrogen-bond acceptors (Lipinski definition) is 0. The SMILES string of the molecule is C=C/C=C\CC1=CC(c2cccc(CC(C)C)c2)CCC1. The fraction of sp³-hybridized carbons (Fsp3) is 0.429. The summed E-state index contributed by atoms with van der Waals surface area (Å²) in [6, 6.07) is 9.22. The van der Waals surface area contributed by atoms with Crippen LogP contribution in [0.25, 0.3) is 0 Å². The average Bonchev–Trinajstić information content (AvgIpc) is 2.47. The van der Waals surface area contributed by atoms with Crippen molar-refractivity contribution in [3.63, 3.8) is 0 Å². The minimum absolute atomic E-state index is 0.609. The number of hydrogen-bond donors (Lipinski definition) is 0. The standard InChI is InChI=1S/C21H28/c1-4-5-6-9-18-10-7-12-20(15-18)21-13-8-11-19(16-21)14-17(2)3/h4-6,8,11,13,15-17,20H,1,7,9-10,12,14H2,2-3H3/b6-5-. The van der Waals surface area contributed by atoms with Gasteiger partial charge in [0.05, 0.1) is 0 Å². The van der Waals surface area contributed by atoms with E-state index < -0.39 is 0 Å². The molecule has 0 fully saturated rings. The lowest BCUT2D eigenvalue weighted by atomic mass is 9.84. The first kappa shape index (κ1) is 15.8. The summed E-state index contributed by atoms with van der Waals surface area (Å²) in [5, 5.41) is 0. The molecule has 0 aliphatic heterocycles. The molecule has 1 aliphatic carbocycles. The van der Waals surface area contributed by atoms with Crippen LogP contribution in [-0.4, -0.2) is 0 Å². The largest absolute Gasteiger partial charge is 0.0991 e. The third kappa shape index (κ3) is 5.04. The van der Waals surface area contributed by atoms with Gasteiger partial charge < -0.3 is 0 Å². The third-order valence-electron chi connectivity index (χ3n) is 4.13. The maximum absolute atomic E-state index is 3.73. The molecule has 0 saturated carbocycles. The highest BCUT2D eigenvalue weighted by Gasteiger charge is 2.15. The summed E-state index contributed by atoms with van der Waals surface area (Å²) in [4.78, 5) is 0. The van der Waals surface area contributed by atoms with Crippen LogP contribution in [0.15, 0.2) is 60.7 Å². The molecule has 1 atom stereocenters. The van der Waals surface area contributed by atoms with Gasteiger partial charge in [-0.05, 0) is 49.1 Å². The van der Waals surface area contributed by atoms with Crippen LogP contribution in [0.1, 0.15) is 56.6 Å². The summed E-state index contributed by atoms with van der Waals surface area (Å²) < 4.78 is 0. The monoisotopic (exact) mass is 280 g/mol. The molecule has 0 radical (unpaired) electrons. The highest BCUT2D eigenvalue weighted by Crippen LogP contribution is 2.33. The topological polar surface area (TPSA) is 0 Å². The zero-order chi connectivity index (χ0) is 15.1. The van der Waals surface area contributed by atoms with Gasteiger partial charge in [-0.1, -0.05) is 74.6 Å². The van der Waals surface area contributed by atoms with Crippen LogP contribution in [0.2, 0.25) is 0 Å². The van der Waals surface area contributed by atoms with Gasteiger partial charge in [0.25, 0.3) is 0 Å². The van der Waals surface area contributed by atoms with E-state index in [0.717, 1.165) is 12.3 Å². The van der Waals surface area contributed by atoms with Crippen LogP contribution in [0.4, 0.5) is 0 Å². The molecule has 1 aromatic carbocycles. The zero-order valence-corrected chi connectivity index (χ0v) is 13.5. The van der Waals surface area contributed by atoms with Gasteiger partial charge in [0.1, 0.15) is 0 Å². The first-order valence-electron chi connectivity index (χ1n) is 8.25. The Morgan fingerprint density at radius 3 is 2.95 bits per heavy atom. The second-order valence-corrected chi connectivity index (χ2v) is 6.53. The van der Waals surface area contributed by atoms with Crippen molar-refractivity contribution in [3.05, 3.63) is 71.8 Å². The Balaban J connectivity index is 2.11. The number of allylic oxidation sites excluding steroid dienone is 5. The first-order chi connectivity index (χ1) is 10.2. The molecule has 1 aliphatic rings. The van der Waals surface area contributed by atoms with Gasteiger partial charge >= 0.3 is 0 Å². The van der Waals surface area contributed by atoms with Gasteiger partial charge in [0, 0.05) is 5.92 Å². The van der Waals surface area contributed by atoms with Crippen LogP contribution in [0.5, 0.6) is 0 Å². The van der Waals surface area contributed by atoms with E-state index in [0.29, 0.717) is 5.92 Å². The van der Waals surface area contributed by atoms with Crippen molar-refractivity contribution in [2.45, 2.75) is 51.9 Å². The maximum atomic E-state index is 3.73. The molecule has 1 aromatic rings. The molecule has 21 heavy (non-hydrogen) atoms. The van der Waals surface area contributed by atoms with E-state index in [1.165, 1.54) is 36.8 Å². The second kappa shape index (κ2) is 8.02. The Hall–Kier alpha value is -1.56. The van der Waals surface area contributed by atoms with Crippen molar-refractivity contribution in [2.75, 3.05) is 0 Å². The molecule has 0 saturated heterocycles. The Labute approximate surface area is 130 Å². The Kier molecular flexibility index (Phi) is 6.04. The minimum atomic E-state index is 0.609. The molecular weight excluding hydrogens is 252 g/mol. The molecule has 0 amide bonds. The van der Waals surface area contributed by atoms with Crippen molar-refractivity contribution in [1.29, 1.82) is 0 Å². The first-order valence-corrected chi connectivity index (χ1v) is 8.25. The average molecular weight is 280 g/mol. The van der Waals surface area contributed by atoms with E-state index in [-0.39, 0.29) is 0 Å². The van der Waals surface area contributed by atoms with Gasteiger partial charge in [-0.3, -0.25) is 0 Å². The molecule has 0 aromatic heterocycles. The van der Waals surface area contributed by atoms with Gasteiger partial charge in [-0.2, -0.15) is 0 Å². The van der Waals surface area contributed by atoms with Crippen molar-refractivity contribution in [3.8, 4) is 0 Å². The lowest BCUT2D eigenvalue weighted by molar-refractivity contribution is 0.621. The quantitative estimate of drug-likeness (QED) is 0.429. The molecule has 0 heteroatoms. The van der Waals surface area contributed by atoms with Crippen molar-refractivity contribution < 1.29 is 0 Å². The van der Waals surface area contributed by atoms with E-state index >= 15 is 0 Å². The number of rotatable bonds is 6. The summed E-state index contributed by atoms with van der Waals surface area (Å²) in [6.07, 6.45) is 14.7. The fourth-order valence-electron chi connectivity index (χ4n) is 3.17. The predicted octanol–water partition coefficient (Wildman–Crippen LogP) is 6.21. The van der Waals surface area contributed by atoms with Gasteiger partial charge in [-0.25, -0.2) is 0 Å². The van der Waals surface area contributed by atoms with Crippen LogP contribution < -0.4 is 0 Å². The molecule has 0 bridgehead atoms. The van der Waals surface area contributed by atoms with Crippen LogP contribution in [0, 0.1) is 5.92 Å². The summed E-state index contributed by atoms with van der Waals surface area (Å²) >= 11 is 0. The van der Waals surface area contributed by atoms with E-state index in [1.54, 1.807) is 5.57 Å². The highest BCUT2D eigenvalue weighted by atomic mass is 14.2. The molecule has 0 N–H and O–H groups in total. The molecule has 0 spiro atoms. The molecular formula is C21H28. The van der Waals surface area contributed by atoms with Crippen LogP contribution >= 0.6 is 0 Å². The zero-order valence-electron chi connectivity index (χ0n) is 13.5. The summed E-state index contributed by atoms with van der Waals surface area (Å²) in [6.45, 7) is 8.31. The van der Waals surface area contributed by atoms with Crippen molar-refractivity contribution in [1.82, 2.24) is 0 Å². The van der Waals surface area contributed by atoms with Crippen molar-refractivity contribution in [2.24, 2.45) is 5.92 Å². The predicted molar refractivity (Wildman–Crippen MR) is 93.6 cm³/mol. The summed E-state index contributed by atoms with van der Waals surface area (Å²) in [5.74, 6) is 1.33. The molecule has 1 unspecified atom stereocenters. The van der Waals surface area contributed by atoms with Crippen LogP contribution in [0.3, 0.4) is 0 Å². The third-order valence-corrected chi connectivity index (χ3v) is 4.13. The Bertz CT molecular complexity index is 517. The van der Waals surface area contributed by atoms with E-state index in [1.807, 2.05) is 12.2 Å². The fourth-order valence-corrected chi connectivity index (χ4v) is 3.17. The lowest BCUT2D eigenvalue weighted by Gasteiger charge is -2.22. The Morgan fingerprint density at radius 1 is 1.33 bits per heavy atom. The van der Waals surface area contributed by atoms with Gasteiger partial charge in [0.2, 0.25) is 0 Å². The number of benzene rings is 1. The van der Waals surface area contributed by atoms with Gasteiger partial charge in [-0.15, -0.1) is 0 Å². The highest BCUT2D eigenvalue weighted by molar-refractivity contribution is 5.32. The van der Waals surface area contributed by atoms with E-state index in [4.69, 9.17) is 0 Å². The van der Waals surface area contributed by atoms with E-state index in [9.17, 15) is 0 Å². The summed E-state index contributed by atoms with van der Waals surface area (Å²) in [7, 11) is 0. The maximum Gasteiger partial charge on any atom is 0.00209 e. The second-order valence-electron chi connectivity index (χ2n) is 6.53. The van der Waals surface area contributed by atoms with Crippen LogP contribution in [-0.2, 0) is 6.42 Å². The molecule has 0 heterocycles. The molecule has 2 rings (SSSR count). The molecule has 0 nitrogen and oxygen atoms in total. The van der Waals surface area contributed by atoms with Crippen molar-refractivity contribution >= 4 is 0 Å². The summed E-state index contributed by atoms with van der Waals surface area (Å²) in [5.41, 5.74) is 4.56. The smallest absolute Gasteiger partial charge is 0.00209 e.